The highest BCUT2D eigenvalue weighted by atomic mass is 35.5. The van der Waals surface area contributed by atoms with Crippen LogP contribution in [0.25, 0.3) is 5.70 Å². The maximum absolute atomic E-state index is 14.0. The lowest BCUT2D eigenvalue weighted by atomic mass is 10.1. The summed E-state index contributed by atoms with van der Waals surface area (Å²) < 4.78 is 47.4. The summed E-state index contributed by atoms with van der Waals surface area (Å²) in [4.78, 5) is 18.0. The highest BCUT2D eigenvalue weighted by Crippen LogP contribution is 2.36. The van der Waals surface area contributed by atoms with E-state index in [0.29, 0.717) is 16.5 Å². The van der Waals surface area contributed by atoms with Crippen molar-refractivity contribution in [3.63, 3.8) is 0 Å². The van der Waals surface area contributed by atoms with Crippen LogP contribution in [0.2, 0.25) is 4.34 Å². The lowest BCUT2D eigenvalue weighted by Crippen LogP contribution is -2.39. The molecular weight excluding hydrogens is 457 g/mol. The standard InChI is InChI=1S/C20H24ClF3N2O2S2/c1-6-13(4)26(12-29-11-15(25-5)16-9-10-17(21)30-16)18(20(22,23)24)14(7-2)19(27)28-8-3/h7,9-11,13H,2,5-6,8,12H2,1,3-4H3/b15-11-,18-14+. The second kappa shape index (κ2) is 12.2. The van der Waals surface area contributed by atoms with Gasteiger partial charge in [-0.25, -0.2) is 4.79 Å². The minimum atomic E-state index is -4.77. The molecule has 0 radical (unpaired) electrons. The normalized spacial score (nSPS) is 14.0. The van der Waals surface area contributed by atoms with Crippen molar-refractivity contribution in [3.05, 3.63) is 50.7 Å². The molecule has 166 valence electrons. The Kier molecular flexibility index (Phi) is 10.7. The van der Waals surface area contributed by atoms with E-state index in [4.69, 9.17) is 16.3 Å². The molecule has 4 nitrogen and oxygen atoms in total. The first-order valence-corrected chi connectivity index (χ1v) is 11.3. The van der Waals surface area contributed by atoms with Crippen LogP contribution in [0.5, 0.6) is 0 Å². The molecule has 10 heteroatoms. The number of carbonyl (C=O) groups is 1. The fourth-order valence-electron chi connectivity index (χ4n) is 2.41. The van der Waals surface area contributed by atoms with Crippen LogP contribution in [0.15, 0.2) is 46.5 Å². The van der Waals surface area contributed by atoms with Crippen LogP contribution >= 0.6 is 34.7 Å². The number of halogens is 4. The fraction of sp³-hybridized carbons (Fsp3) is 0.400. The number of esters is 1. The molecule has 1 unspecified atom stereocenters. The summed E-state index contributed by atoms with van der Waals surface area (Å²) in [5.74, 6) is -1.13. The summed E-state index contributed by atoms with van der Waals surface area (Å²) in [6, 6.07) is 2.97. The number of hydrogen-bond donors (Lipinski definition) is 0. The van der Waals surface area contributed by atoms with Crippen molar-refractivity contribution < 1.29 is 22.7 Å². The van der Waals surface area contributed by atoms with Crippen LogP contribution in [0.3, 0.4) is 0 Å². The molecule has 0 fully saturated rings. The molecule has 0 aliphatic rings. The lowest BCUT2D eigenvalue weighted by Gasteiger charge is -2.34. The first-order chi connectivity index (χ1) is 14.1. The van der Waals surface area contributed by atoms with E-state index < -0.39 is 29.5 Å². The number of nitrogens with zero attached hydrogens (tertiary/aromatic N) is 2. The molecule has 0 saturated carbocycles. The van der Waals surface area contributed by atoms with Crippen molar-refractivity contribution in [1.29, 1.82) is 0 Å². The highest BCUT2D eigenvalue weighted by molar-refractivity contribution is 8.02. The minimum absolute atomic E-state index is 0.0418. The van der Waals surface area contributed by atoms with Crippen LogP contribution in [-0.4, -0.2) is 42.3 Å². The van der Waals surface area contributed by atoms with Crippen molar-refractivity contribution in [3.8, 4) is 0 Å². The monoisotopic (exact) mass is 480 g/mol. The van der Waals surface area contributed by atoms with E-state index in [1.807, 2.05) is 0 Å². The minimum Gasteiger partial charge on any atom is -0.462 e. The third-order valence-electron chi connectivity index (χ3n) is 4.04. The van der Waals surface area contributed by atoms with Crippen molar-refractivity contribution in [2.45, 2.75) is 39.4 Å². The zero-order valence-corrected chi connectivity index (χ0v) is 19.4. The first-order valence-electron chi connectivity index (χ1n) is 9.02. The Morgan fingerprint density at radius 3 is 2.53 bits per heavy atom. The number of alkyl halides is 3. The molecule has 0 saturated heterocycles. The Hall–Kier alpha value is -1.71. The van der Waals surface area contributed by atoms with E-state index in [-0.39, 0.29) is 12.5 Å². The number of carbonyl (C=O) groups excluding carboxylic acids is 1. The van der Waals surface area contributed by atoms with Crippen molar-refractivity contribution in [2.75, 3.05) is 12.5 Å². The molecule has 1 heterocycles. The Balaban J connectivity index is 3.33. The molecule has 0 aliphatic carbocycles. The molecular formula is C20H24ClF3N2O2S2. The van der Waals surface area contributed by atoms with Gasteiger partial charge >= 0.3 is 12.1 Å². The van der Waals surface area contributed by atoms with Gasteiger partial charge in [0.15, 0.2) is 0 Å². The lowest BCUT2D eigenvalue weighted by molar-refractivity contribution is -0.141. The third kappa shape index (κ3) is 7.21. The van der Waals surface area contributed by atoms with Crippen LogP contribution in [-0.2, 0) is 9.53 Å². The van der Waals surface area contributed by atoms with Gasteiger partial charge in [-0.05, 0) is 44.5 Å². The van der Waals surface area contributed by atoms with Crippen LogP contribution in [0.4, 0.5) is 13.2 Å². The number of hydrogen-bond acceptors (Lipinski definition) is 6. The Morgan fingerprint density at radius 1 is 1.43 bits per heavy atom. The average Bonchev–Trinajstić information content (AvgIpc) is 3.11. The number of thiophene rings is 1. The van der Waals surface area contributed by atoms with Crippen LogP contribution in [0.1, 0.15) is 32.1 Å². The van der Waals surface area contributed by atoms with E-state index >= 15 is 0 Å². The van der Waals surface area contributed by atoms with Gasteiger partial charge in [0, 0.05) is 6.04 Å². The quantitative estimate of drug-likeness (QED) is 0.115. The molecule has 0 bridgehead atoms. The van der Waals surface area contributed by atoms with Gasteiger partial charge in [0.05, 0.1) is 33.0 Å². The van der Waals surface area contributed by atoms with E-state index in [9.17, 15) is 18.0 Å². The predicted molar refractivity (Wildman–Crippen MR) is 121 cm³/mol. The number of aliphatic imine (C=N–C) groups is 1. The molecule has 0 aliphatic heterocycles. The molecule has 1 aromatic heterocycles. The molecule has 1 aromatic rings. The maximum Gasteiger partial charge on any atom is 0.432 e. The van der Waals surface area contributed by atoms with E-state index in [2.05, 4.69) is 18.3 Å². The van der Waals surface area contributed by atoms with Crippen molar-refractivity contribution in [2.24, 2.45) is 4.99 Å². The Labute approximate surface area is 188 Å². The molecule has 1 rings (SSSR count). The summed E-state index contributed by atoms with van der Waals surface area (Å²) in [5, 5.41) is 1.62. The molecule has 0 aromatic carbocycles. The topological polar surface area (TPSA) is 41.9 Å². The summed E-state index contributed by atoms with van der Waals surface area (Å²) >= 11 is 8.34. The second-order valence-electron chi connectivity index (χ2n) is 5.97. The number of allylic oxidation sites excluding steroid dienone is 1. The number of ether oxygens (including phenoxy) is 1. The van der Waals surface area contributed by atoms with Gasteiger partial charge < -0.3 is 9.64 Å². The largest absolute Gasteiger partial charge is 0.462 e. The SMILES string of the molecule is C=C/C(C(=O)OCC)=C(\N(CS/C=C(\N=C)c1ccc(Cl)s1)C(C)CC)C(F)(F)F. The Bertz CT molecular complexity index is 819. The first kappa shape index (κ1) is 26.3. The average molecular weight is 481 g/mol. The van der Waals surface area contributed by atoms with Crippen molar-refractivity contribution >= 4 is 53.1 Å². The number of rotatable bonds is 11. The van der Waals surface area contributed by atoms with E-state index in [1.54, 1.807) is 31.4 Å². The van der Waals surface area contributed by atoms with Gasteiger partial charge in [-0.1, -0.05) is 31.2 Å². The molecule has 1 atom stereocenters. The molecule has 0 amide bonds. The summed E-state index contributed by atoms with van der Waals surface area (Å²) in [6.45, 7) is 11.8. The highest BCUT2D eigenvalue weighted by Gasteiger charge is 2.42. The third-order valence-corrected chi connectivity index (χ3v) is 6.11. The number of thioether (sulfide) groups is 1. The van der Waals surface area contributed by atoms with Gasteiger partial charge in [0.2, 0.25) is 0 Å². The molecule has 0 spiro atoms. The summed E-state index contributed by atoms with van der Waals surface area (Å²) in [7, 11) is 0. The fourth-order valence-corrected chi connectivity index (χ4v) is 4.49. The maximum atomic E-state index is 14.0. The van der Waals surface area contributed by atoms with E-state index in [1.165, 1.54) is 18.3 Å². The predicted octanol–water partition coefficient (Wildman–Crippen LogP) is 6.76. The van der Waals surface area contributed by atoms with Crippen LogP contribution in [0, 0.1) is 0 Å². The van der Waals surface area contributed by atoms with E-state index in [0.717, 1.165) is 27.6 Å². The zero-order valence-electron chi connectivity index (χ0n) is 17.0. The smallest absolute Gasteiger partial charge is 0.432 e. The van der Waals surface area contributed by atoms with Gasteiger partial charge in [-0.15, -0.1) is 23.1 Å². The molecule has 0 N–H and O–H groups in total. The van der Waals surface area contributed by atoms with Gasteiger partial charge in [-0.3, -0.25) is 4.99 Å². The summed E-state index contributed by atoms with van der Waals surface area (Å²) in [6.07, 6.45) is -3.45. The van der Waals surface area contributed by atoms with Gasteiger partial charge in [0.25, 0.3) is 0 Å². The van der Waals surface area contributed by atoms with Gasteiger partial charge in [0.1, 0.15) is 5.70 Å². The Morgan fingerprint density at radius 2 is 2.10 bits per heavy atom. The molecule has 30 heavy (non-hydrogen) atoms. The van der Waals surface area contributed by atoms with Gasteiger partial charge in [-0.2, -0.15) is 13.2 Å². The summed E-state index contributed by atoms with van der Waals surface area (Å²) in [5.41, 5.74) is -1.17. The zero-order chi connectivity index (χ0) is 22.9. The second-order valence-corrected chi connectivity index (χ2v) is 8.51. The van der Waals surface area contributed by atoms with Crippen molar-refractivity contribution in [1.82, 2.24) is 4.90 Å². The van der Waals surface area contributed by atoms with Crippen LogP contribution < -0.4 is 0 Å².